The first-order valence-electron chi connectivity index (χ1n) is 7.42. The smallest absolute Gasteiger partial charge is 0.0640 e. The van der Waals surface area contributed by atoms with Crippen molar-refractivity contribution in [3.8, 4) is 0 Å². The molecule has 1 unspecified atom stereocenters. The quantitative estimate of drug-likeness (QED) is 0.782. The van der Waals surface area contributed by atoms with Gasteiger partial charge in [0.1, 0.15) is 0 Å². The molecule has 0 spiro atoms. The van der Waals surface area contributed by atoms with Crippen LogP contribution in [0.1, 0.15) is 40.3 Å². The summed E-state index contributed by atoms with van der Waals surface area (Å²) < 4.78 is 1.88. The molecule has 0 bridgehead atoms. The minimum Gasteiger partial charge on any atom is -0.312 e. The van der Waals surface area contributed by atoms with Crippen LogP contribution in [-0.4, -0.2) is 45.9 Å². The van der Waals surface area contributed by atoms with Crippen LogP contribution in [0.25, 0.3) is 0 Å². The van der Waals surface area contributed by atoms with Crippen molar-refractivity contribution in [2.24, 2.45) is 7.05 Å². The van der Waals surface area contributed by atoms with Crippen LogP contribution in [0.2, 0.25) is 0 Å². The molecule has 1 heterocycles. The predicted molar refractivity (Wildman–Crippen MR) is 81.4 cm³/mol. The van der Waals surface area contributed by atoms with E-state index in [1.807, 2.05) is 17.9 Å². The standard InChI is InChI=1S/C15H30N4/c1-7-16-14(12-13-10-11-18(6)17-13)15(4,5)19(8-2)9-3/h10-11,14,16H,7-9,12H2,1-6H3. The van der Waals surface area contributed by atoms with E-state index in [-0.39, 0.29) is 5.54 Å². The first-order valence-corrected chi connectivity index (χ1v) is 7.42. The maximum atomic E-state index is 4.52. The number of rotatable bonds is 8. The zero-order chi connectivity index (χ0) is 14.5. The van der Waals surface area contributed by atoms with E-state index in [9.17, 15) is 0 Å². The molecule has 0 aromatic carbocycles. The zero-order valence-electron chi connectivity index (χ0n) is 13.4. The summed E-state index contributed by atoms with van der Waals surface area (Å²) in [6, 6.07) is 2.52. The topological polar surface area (TPSA) is 33.1 Å². The summed E-state index contributed by atoms with van der Waals surface area (Å²) >= 11 is 0. The van der Waals surface area contributed by atoms with E-state index in [0.717, 1.165) is 31.7 Å². The van der Waals surface area contributed by atoms with Gasteiger partial charge in [0.2, 0.25) is 0 Å². The third-order valence-electron chi connectivity index (χ3n) is 4.06. The van der Waals surface area contributed by atoms with Crippen molar-refractivity contribution in [2.45, 2.75) is 52.6 Å². The molecule has 0 amide bonds. The SMILES string of the molecule is CCNC(Cc1ccn(C)n1)C(C)(C)N(CC)CC. The Morgan fingerprint density at radius 2 is 1.95 bits per heavy atom. The van der Waals surface area contributed by atoms with Gasteiger partial charge in [-0.2, -0.15) is 5.10 Å². The lowest BCUT2D eigenvalue weighted by Crippen LogP contribution is -2.58. The van der Waals surface area contributed by atoms with Gasteiger partial charge < -0.3 is 5.32 Å². The number of hydrogen-bond donors (Lipinski definition) is 1. The van der Waals surface area contributed by atoms with Crippen LogP contribution in [0.15, 0.2) is 12.3 Å². The number of likely N-dealkylation sites (N-methyl/N-ethyl adjacent to an activating group) is 2. The lowest BCUT2D eigenvalue weighted by atomic mass is 9.88. The largest absolute Gasteiger partial charge is 0.312 e. The van der Waals surface area contributed by atoms with Crippen LogP contribution in [0.4, 0.5) is 0 Å². The van der Waals surface area contributed by atoms with Gasteiger partial charge >= 0.3 is 0 Å². The molecule has 1 aromatic heterocycles. The van der Waals surface area contributed by atoms with Crippen LogP contribution in [0.5, 0.6) is 0 Å². The van der Waals surface area contributed by atoms with E-state index in [1.54, 1.807) is 0 Å². The van der Waals surface area contributed by atoms with E-state index >= 15 is 0 Å². The van der Waals surface area contributed by atoms with E-state index < -0.39 is 0 Å². The number of aryl methyl sites for hydroxylation is 1. The van der Waals surface area contributed by atoms with Gasteiger partial charge in [-0.25, -0.2) is 0 Å². The first-order chi connectivity index (χ1) is 8.95. The number of aromatic nitrogens is 2. The van der Waals surface area contributed by atoms with Crippen LogP contribution >= 0.6 is 0 Å². The summed E-state index contributed by atoms with van der Waals surface area (Å²) in [6.45, 7) is 14.4. The molecule has 1 atom stereocenters. The van der Waals surface area contributed by atoms with Crippen molar-refractivity contribution in [1.29, 1.82) is 0 Å². The van der Waals surface area contributed by atoms with Crippen LogP contribution in [0, 0.1) is 0 Å². The fourth-order valence-electron chi connectivity index (χ4n) is 2.86. The highest BCUT2D eigenvalue weighted by Crippen LogP contribution is 2.21. The highest BCUT2D eigenvalue weighted by Gasteiger charge is 2.33. The lowest BCUT2D eigenvalue weighted by Gasteiger charge is -2.43. The van der Waals surface area contributed by atoms with Gasteiger partial charge in [-0.3, -0.25) is 9.58 Å². The van der Waals surface area contributed by atoms with Crippen molar-refractivity contribution in [3.05, 3.63) is 18.0 Å². The summed E-state index contributed by atoms with van der Waals surface area (Å²) in [7, 11) is 1.97. The summed E-state index contributed by atoms with van der Waals surface area (Å²) in [5.41, 5.74) is 1.28. The maximum Gasteiger partial charge on any atom is 0.0640 e. The Labute approximate surface area is 118 Å². The molecule has 0 aliphatic heterocycles. The fourth-order valence-corrected chi connectivity index (χ4v) is 2.86. The highest BCUT2D eigenvalue weighted by molar-refractivity contribution is 5.06. The molecule has 4 heteroatoms. The third-order valence-corrected chi connectivity index (χ3v) is 4.06. The monoisotopic (exact) mass is 266 g/mol. The Kier molecular flexibility index (Phi) is 6.01. The minimum absolute atomic E-state index is 0.122. The molecular formula is C15H30N4. The average molecular weight is 266 g/mol. The Morgan fingerprint density at radius 3 is 2.37 bits per heavy atom. The van der Waals surface area contributed by atoms with Gasteiger partial charge in [-0.1, -0.05) is 20.8 Å². The van der Waals surface area contributed by atoms with E-state index in [0.29, 0.717) is 6.04 Å². The van der Waals surface area contributed by atoms with Gasteiger partial charge in [0.25, 0.3) is 0 Å². The molecule has 0 fully saturated rings. The normalized spacial score (nSPS) is 14.1. The average Bonchev–Trinajstić information content (AvgIpc) is 2.75. The Hall–Kier alpha value is -0.870. The summed E-state index contributed by atoms with van der Waals surface area (Å²) in [6.07, 6.45) is 2.99. The summed E-state index contributed by atoms with van der Waals surface area (Å²) in [5, 5.41) is 8.15. The molecule has 4 nitrogen and oxygen atoms in total. The molecule has 19 heavy (non-hydrogen) atoms. The minimum atomic E-state index is 0.122. The van der Waals surface area contributed by atoms with Gasteiger partial charge in [0.15, 0.2) is 0 Å². The molecule has 0 aliphatic carbocycles. The second-order valence-corrected chi connectivity index (χ2v) is 5.62. The van der Waals surface area contributed by atoms with Crippen molar-refractivity contribution in [3.63, 3.8) is 0 Å². The fraction of sp³-hybridized carbons (Fsp3) is 0.800. The predicted octanol–water partition coefficient (Wildman–Crippen LogP) is 2.06. The van der Waals surface area contributed by atoms with Gasteiger partial charge in [0.05, 0.1) is 5.69 Å². The van der Waals surface area contributed by atoms with E-state index in [1.165, 1.54) is 0 Å². The Bertz CT molecular complexity index is 366. The molecule has 0 radical (unpaired) electrons. The molecule has 0 saturated carbocycles. The third kappa shape index (κ3) is 4.05. The van der Waals surface area contributed by atoms with E-state index in [4.69, 9.17) is 0 Å². The number of nitrogens with zero attached hydrogens (tertiary/aromatic N) is 3. The van der Waals surface area contributed by atoms with Crippen LogP contribution in [0.3, 0.4) is 0 Å². The highest BCUT2D eigenvalue weighted by atomic mass is 15.3. The number of hydrogen-bond acceptors (Lipinski definition) is 3. The molecule has 110 valence electrons. The maximum absolute atomic E-state index is 4.52. The van der Waals surface area contributed by atoms with Crippen LogP contribution < -0.4 is 5.32 Å². The zero-order valence-corrected chi connectivity index (χ0v) is 13.4. The number of nitrogens with one attached hydrogen (secondary N) is 1. The Morgan fingerprint density at radius 1 is 1.32 bits per heavy atom. The van der Waals surface area contributed by atoms with Crippen molar-refractivity contribution in [1.82, 2.24) is 20.0 Å². The molecule has 0 aliphatic rings. The molecular weight excluding hydrogens is 236 g/mol. The van der Waals surface area contributed by atoms with Crippen molar-refractivity contribution in [2.75, 3.05) is 19.6 Å². The van der Waals surface area contributed by atoms with Gasteiger partial charge in [-0.15, -0.1) is 0 Å². The van der Waals surface area contributed by atoms with Gasteiger partial charge in [0, 0.05) is 31.2 Å². The molecule has 1 N–H and O–H groups in total. The van der Waals surface area contributed by atoms with Crippen LogP contribution in [-0.2, 0) is 13.5 Å². The second kappa shape index (κ2) is 7.06. The molecule has 1 rings (SSSR count). The molecule has 0 saturated heterocycles. The second-order valence-electron chi connectivity index (χ2n) is 5.62. The van der Waals surface area contributed by atoms with Gasteiger partial charge in [-0.05, 0) is 39.5 Å². The summed E-state index contributed by atoms with van der Waals surface area (Å²) in [4.78, 5) is 2.52. The van der Waals surface area contributed by atoms with Crippen molar-refractivity contribution >= 4 is 0 Å². The first kappa shape index (κ1) is 16.2. The lowest BCUT2D eigenvalue weighted by molar-refractivity contribution is 0.0913. The van der Waals surface area contributed by atoms with Crippen molar-refractivity contribution < 1.29 is 0 Å². The Balaban J connectivity index is 2.86. The van der Waals surface area contributed by atoms with E-state index in [2.05, 4.69) is 56.0 Å². The molecule has 1 aromatic rings. The summed E-state index contributed by atoms with van der Waals surface area (Å²) in [5.74, 6) is 0.